The molecular weight excluding hydrogens is 290 g/mol. The highest BCUT2D eigenvalue weighted by Gasteiger charge is 2.12. The Morgan fingerprint density at radius 2 is 1.83 bits per heavy atom. The van der Waals surface area contributed by atoms with Crippen molar-refractivity contribution in [2.45, 2.75) is 32.6 Å². The third kappa shape index (κ3) is 5.51. The molecule has 102 valence electrons. The van der Waals surface area contributed by atoms with Crippen LogP contribution in [0.15, 0.2) is 28.7 Å². The van der Waals surface area contributed by atoms with Crippen LogP contribution in [0.5, 0.6) is 0 Å². The normalized spacial score (nSPS) is 12.9. The van der Waals surface area contributed by atoms with Gasteiger partial charge in [-0.3, -0.25) is 0 Å². The molecule has 0 heterocycles. The maximum Gasteiger partial charge on any atom is 0.0472 e. The molecule has 0 amide bonds. The third-order valence-electron chi connectivity index (χ3n) is 3.08. The van der Waals surface area contributed by atoms with Gasteiger partial charge in [-0.15, -0.1) is 0 Å². The molecule has 0 fully saturated rings. The van der Waals surface area contributed by atoms with E-state index in [1.807, 2.05) is 6.07 Å². The molecule has 2 nitrogen and oxygen atoms in total. The van der Waals surface area contributed by atoms with E-state index in [-0.39, 0.29) is 0 Å². The summed E-state index contributed by atoms with van der Waals surface area (Å²) in [5.41, 5.74) is 7.14. The zero-order valence-corrected chi connectivity index (χ0v) is 12.9. The van der Waals surface area contributed by atoms with Crippen LogP contribution in [0.2, 0.25) is 0 Å². The van der Waals surface area contributed by atoms with Crippen molar-refractivity contribution in [2.75, 3.05) is 19.8 Å². The molecule has 1 unspecified atom stereocenters. The lowest BCUT2D eigenvalue weighted by Gasteiger charge is -2.17. The van der Waals surface area contributed by atoms with Crippen LogP contribution in [-0.4, -0.2) is 19.8 Å². The first kappa shape index (κ1) is 15.7. The Morgan fingerprint density at radius 3 is 2.44 bits per heavy atom. The van der Waals surface area contributed by atoms with Gasteiger partial charge in [-0.25, -0.2) is 0 Å². The first-order valence-electron chi connectivity index (χ1n) is 6.67. The van der Waals surface area contributed by atoms with E-state index in [0.717, 1.165) is 30.5 Å². The van der Waals surface area contributed by atoms with E-state index in [2.05, 4.69) is 48.0 Å². The fraction of sp³-hybridized carbons (Fsp3) is 0.600. The molecular formula is C15H24BrNO. The number of ether oxygens (including phenoxy) is 1. The van der Waals surface area contributed by atoms with Crippen molar-refractivity contribution < 1.29 is 4.74 Å². The Balaban J connectivity index is 2.36. The van der Waals surface area contributed by atoms with Crippen LogP contribution < -0.4 is 5.73 Å². The Hall–Kier alpha value is -0.380. The topological polar surface area (TPSA) is 35.2 Å². The molecule has 1 rings (SSSR count). The first-order valence-corrected chi connectivity index (χ1v) is 7.46. The van der Waals surface area contributed by atoms with E-state index in [9.17, 15) is 0 Å². The van der Waals surface area contributed by atoms with Gasteiger partial charge in [-0.05, 0) is 42.9 Å². The van der Waals surface area contributed by atoms with Crippen LogP contribution in [-0.2, 0) is 4.74 Å². The molecule has 0 radical (unpaired) electrons. The predicted octanol–water partition coefficient (Wildman–Crippen LogP) is 3.94. The van der Waals surface area contributed by atoms with Crippen LogP contribution in [0.25, 0.3) is 0 Å². The van der Waals surface area contributed by atoms with Gasteiger partial charge in [-0.1, -0.05) is 48.0 Å². The lowest BCUT2D eigenvalue weighted by Crippen LogP contribution is -2.15. The van der Waals surface area contributed by atoms with Gasteiger partial charge in [0, 0.05) is 17.7 Å². The van der Waals surface area contributed by atoms with Crippen molar-refractivity contribution in [1.82, 2.24) is 0 Å². The monoisotopic (exact) mass is 313 g/mol. The Labute approximate surface area is 119 Å². The number of rotatable bonds is 8. The Bertz CT molecular complexity index is 341. The predicted molar refractivity (Wildman–Crippen MR) is 80.8 cm³/mol. The van der Waals surface area contributed by atoms with E-state index < -0.39 is 0 Å². The fourth-order valence-electron chi connectivity index (χ4n) is 1.85. The maximum absolute atomic E-state index is 5.86. The summed E-state index contributed by atoms with van der Waals surface area (Å²) in [6.45, 7) is 6.73. The lowest BCUT2D eigenvalue weighted by molar-refractivity contribution is 0.117. The highest BCUT2D eigenvalue weighted by Crippen LogP contribution is 2.26. The minimum absolute atomic E-state index is 0.375. The Kier molecular flexibility index (Phi) is 7.56. The molecule has 0 aromatic heterocycles. The van der Waals surface area contributed by atoms with Crippen LogP contribution in [0.3, 0.4) is 0 Å². The third-order valence-corrected chi connectivity index (χ3v) is 3.80. The molecule has 0 saturated heterocycles. The van der Waals surface area contributed by atoms with Crippen LogP contribution in [0, 0.1) is 5.92 Å². The SMILES string of the molecule is CC(C)CCOCCC(CN)c1ccccc1Br. The highest BCUT2D eigenvalue weighted by atomic mass is 79.9. The summed E-state index contributed by atoms with van der Waals surface area (Å²) >= 11 is 3.58. The van der Waals surface area contributed by atoms with Crippen molar-refractivity contribution in [3.8, 4) is 0 Å². The average molecular weight is 314 g/mol. The maximum atomic E-state index is 5.86. The number of hydrogen-bond acceptors (Lipinski definition) is 2. The summed E-state index contributed by atoms with van der Waals surface area (Å²) in [6, 6.07) is 8.29. The molecule has 1 atom stereocenters. The molecule has 3 heteroatoms. The summed E-state index contributed by atoms with van der Waals surface area (Å²) < 4.78 is 6.81. The van der Waals surface area contributed by atoms with Crippen LogP contribution >= 0.6 is 15.9 Å². The smallest absolute Gasteiger partial charge is 0.0472 e. The quantitative estimate of drug-likeness (QED) is 0.738. The van der Waals surface area contributed by atoms with Gasteiger partial charge in [0.1, 0.15) is 0 Å². The summed E-state index contributed by atoms with van der Waals surface area (Å²) in [6.07, 6.45) is 2.11. The molecule has 1 aromatic carbocycles. The minimum atomic E-state index is 0.375. The van der Waals surface area contributed by atoms with E-state index in [0.29, 0.717) is 18.4 Å². The van der Waals surface area contributed by atoms with Crippen molar-refractivity contribution in [3.63, 3.8) is 0 Å². The standard InChI is InChI=1S/C15H24BrNO/c1-12(2)7-9-18-10-8-13(11-17)14-5-3-4-6-15(14)16/h3-6,12-13H,7-11,17H2,1-2H3. The number of benzene rings is 1. The molecule has 0 aliphatic rings. The second kappa shape index (κ2) is 8.68. The molecule has 0 aliphatic heterocycles. The van der Waals surface area contributed by atoms with Crippen molar-refractivity contribution in [1.29, 1.82) is 0 Å². The summed E-state index contributed by atoms with van der Waals surface area (Å²) in [5, 5.41) is 0. The van der Waals surface area contributed by atoms with E-state index in [4.69, 9.17) is 10.5 Å². The van der Waals surface area contributed by atoms with Crippen LogP contribution in [0.1, 0.15) is 38.2 Å². The molecule has 0 saturated carbocycles. The number of nitrogens with two attached hydrogens (primary N) is 1. The molecule has 0 aliphatic carbocycles. The van der Waals surface area contributed by atoms with Gasteiger partial charge < -0.3 is 10.5 Å². The zero-order valence-electron chi connectivity index (χ0n) is 11.4. The van der Waals surface area contributed by atoms with Crippen molar-refractivity contribution >= 4 is 15.9 Å². The first-order chi connectivity index (χ1) is 8.65. The molecule has 18 heavy (non-hydrogen) atoms. The van der Waals surface area contributed by atoms with Gasteiger partial charge in [0.2, 0.25) is 0 Å². The largest absolute Gasteiger partial charge is 0.381 e. The van der Waals surface area contributed by atoms with Gasteiger partial charge in [0.25, 0.3) is 0 Å². The Morgan fingerprint density at radius 1 is 1.17 bits per heavy atom. The van der Waals surface area contributed by atoms with Gasteiger partial charge in [-0.2, -0.15) is 0 Å². The zero-order chi connectivity index (χ0) is 13.4. The molecule has 1 aromatic rings. The molecule has 0 bridgehead atoms. The van der Waals surface area contributed by atoms with E-state index in [1.54, 1.807) is 0 Å². The fourth-order valence-corrected chi connectivity index (χ4v) is 2.46. The van der Waals surface area contributed by atoms with Gasteiger partial charge in [0.05, 0.1) is 0 Å². The summed E-state index contributed by atoms with van der Waals surface area (Å²) in [5.74, 6) is 1.08. The molecule has 2 N–H and O–H groups in total. The van der Waals surface area contributed by atoms with Gasteiger partial charge >= 0.3 is 0 Å². The van der Waals surface area contributed by atoms with E-state index in [1.165, 1.54) is 5.56 Å². The highest BCUT2D eigenvalue weighted by molar-refractivity contribution is 9.10. The second-order valence-electron chi connectivity index (χ2n) is 5.04. The second-order valence-corrected chi connectivity index (χ2v) is 5.89. The van der Waals surface area contributed by atoms with Crippen molar-refractivity contribution in [2.24, 2.45) is 11.7 Å². The minimum Gasteiger partial charge on any atom is -0.381 e. The van der Waals surface area contributed by atoms with E-state index >= 15 is 0 Å². The van der Waals surface area contributed by atoms with Crippen molar-refractivity contribution in [3.05, 3.63) is 34.3 Å². The molecule has 0 spiro atoms. The lowest BCUT2D eigenvalue weighted by atomic mass is 9.96. The van der Waals surface area contributed by atoms with Gasteiger partial charge in [0.15, 0.2) is 0 Å². The number of hydrogen-bond donors (Lipinski definition) is 1. The van der Waals surface area contributed by atoms with Crippen LogP contribution in [0.4, 0.5) is 0 Å². The summed E-state index contributed by atoms with van der Waals surface area (Å²) in [4.78, 5) is 0. The summed E-state index contributed by atoms with van der Waals surface area (Å²) in [7, 11) is 0. The average Bonchev–Trinajstić information content (AvgIpc) is 2.35. The number of halogens is 1.